The molecule has 0 aromatic heterocycles. The van der Waals surface area contributed by atoms with E-state index < -0.39 is 11.9 Å². The van der Waals surface area contributed by atoms with Crippen molar-refractivity contribution in [2.75, 3.05) is 5.75 Å². The van der Waals surface area contributed by atoms with Gasteiger partial charge in [-0.1, -0.05) is 63.6 Å². The van der Waals surface area contributed by atoms with E-state index in [-0.39, 0.29) is 0 Å². The molecule has 0 radical (unpaired) electrons. The number of benzene rings is 3. The lowest BCUT2D eigenvalue weighted by Crippen LogP contribution is -2.11. The smallest absolute Gasteiger partial charge is 0.338 e. The van der Waals surface area contributed by atoms with Crippen LogP contribution in [0.15, 0.2) is 71.7 Å². The summed E-state index contributed by atoms with van der Waals surface area (Å²) < 4.78 is 11.6. The molecule has 33 heavy (non-hydrogen) atoms. The number of esters is 2. The molecule has 0 aliphatic rings. The number of carbonyl (C=O) groups excluding carboxylic acids is 2. The fourth-order valence-electron chi connectivity index (χ4n) is 3.47. The van der Waals surface area contributed by atoms with Crippen LogP contribution in [0.1, 0.15) is 46.5 Å². The van der Waals surface area contributed by atoms with Crippen LogP contribution in [0.5, 0.6) is 11.5 Å². The van der Waals surface area contributed by atoms with Crippen molar-refractivity contribution in [2.45, 2.75) is 51.3 Å². The second-order valence-corrected chi connectivity index (χ2v) is 9.33. The van der Waals surface area contributed by atoms with Crippen molar-refractivity contribution in [3.05, 3.63) is 66.8 Å². The number of unbranched alkanes of at least 4 members (excludes halogenated alkanes) is 3. The van der Waals surface area contributed by atoms with E-state index in [1.165, 1.54) is 19.3 Å². The Bertz CT molecular complexity index is 1230. The van der Waals surface area contributed by atoms with E-state index in [0.717, 1.165) is 17.1 Å². The maximum absolute atomic E-state index is 12.5. The van der Waals surface area contributed by atoms with Gasteiger partial charge in [0.25, 0.3) is 0 Å². The molecule has 0 aliphatic carbocycles. The summed E-state index contributed by atoms with van der Waals surface area (Å²) in [6, 6.07) is 13.4. The van der Waals surface area contributed by atoms with Crippen LogP contribution in [0, 0.1) is 0 Å². The minimum absolute atomic E-state index is 0.310. The first-order valence-corrected chi connectivity index (χ1v) is 12.2. The maximum Gasteiger partial charge on any atom is 0.338 e. The van der Waals surface area contributed by atoms with Crippen LogP contribution < -0.4 is 9.47 Å². The summed E-state index contributed by atoms with van der Waals surface area (Å²) in [5.74, 6) is 0.894. The van der Waals surface area contributed by atoms with Crippen molar-refractivity contribution in [1.82, 2.24) is 0 Å². The Morgan fingerprint density at radius 2 is 1.33 bits per heavy atom. The molecule has 0 N–H and O–H groups in total. The molecule has 0 saturated heterocycles. The molecule has 172 valence electrons. The van der Waals surface area contributed by atoms with Crippen molar-refractivity contribution in [2.24, 2.45) is 0 Å². The van der Waals surface area contributed by atoms with Crippen LogP contribution >= 0.6 is 11.8 Å². The van der Waals surface area contributed by atoms with Gasteiger partial charge in [-0.25, -0.2) is 9.59 Å². The van der Waals surface area contributed by atoms with Crippen LogP contribution in [0.25, 0.3) is 21.5 Å². The number of carbonyl (C=O) groups is 2. The molecule has 0 heterocycles. The number of rotatable bonds is 10. The highest BCUT2D eigenvalue weighted by atomic mass is 32.2. The zero-order valence-electron chi connectivity index (χ0n) is 19.5. The van der Waals surface area contributed by atoms with Gasteiger partial charge in [0.2, 0.25) is 0 Å². The Kier molecular flexibility index (Phi) is 8.34. The summed E-state index contributed by atoms with van der Waals surface area (Å²) in [6.45, 7) is 12.8. The third-order valence-electron chi connectivity index (χ3n) is 5.25. The van der Waals surface area contributed by atoms with Crippen LogP contribution in [0.4, 0.5) is 0 Å². The van der Waals surface area contributed by atoms with Crippen molar-refractivity contribution in [3.8, 4) is 11.5 Å². The molecular weight excluding hydrogens is 432 g/mol. The third-order valence-corrected chi connectivity index (χ3v) is 6.33. The highest BCUT2D eigenvalue weighted by Gasteiger charge is 2.21. The summed E-state index contributed by atoms with van der Waals surface area (Å²) in [4.78, 5) is 26.0. The number of hydrogen-bond donors (Lipinski definition) is 0. The molecule has 0 spiro atoms. The van der Waals surface area contributed by atoms with Crippen molar-refractivity contribution in [3.63, 3.8) is 0 Å². The van der Waals surface area contributed by atoms with Gasteiger partial charge in [-0.2, -0.15) is 0 Å². The predicted octanol–water partition coefficient (Wildman–Crippen LogP) is 7.63. The second kappa shape index (κ2) is 11.2. The molecule has 3 aromatic carbocycles. The number of fused-ring (bicyclic) bond motifs is 2. The Hall–Kier alpha value is -3.05. The summed E-state index contributed by atoms with van der Waals surface area (Å²) in [7, 11) is 0. The van der Waals surface area contributed by atoms with Crippen LogP contribution in [-0.2, 0) is 9.59 Å². The fourth-order valence-corrected chi connectivity index (χ4v) is 4.42. The molecular formula is C28H30O4S. The lowest BCUT2D eigenvalue weighted by atomic mass is 10.0. The van der Waals surface area contributed by atoms with E-state index in [1.54, 1.807) is 25.6 Å². The molecule has 0 atom stereocenters. The lowest BCUT2D eigenvalue weighted by molar-refractivity contribution is -0.130. The van der Waals surface area contributed by atoms with E-state index in [4.69, 9.17) is 9.47 Å². The first-order valence-electron chi connectivity index (χ1n) is 11.2. The van der Waals surface area contributed by atoms with Gasteiger partial charge in [-0.05, 0) is 44.2 Å². The summed E-state index contributed by atoms with van der Waals surface area (Å²) in [5.41, 5.74) is 0.621. The molecule has 5 heteroatoms. The minimum atomic E-state index is -0.498. The SMILES string of the molecule is C=C(C)C(=O)Oc1c2ccccc2c(OC(=O)C(=C)C)c2cc(SCCCCCC)ccc12. The van der Waals surface area contributed by atoms with Crippen LogP contribution in [0.2, 0.25) is 0 Å². The van der Waals surface area contributed by atoms with Crippen molar-refractivity contribution < 1.29 is 19.1 Å². The van der Waals surface area contributed by atoms with Gasteiger partial charge >= 0.3 is 11.9 Å². The molecule has 0 fully saturated rings. The molecule has 0 bridgehead atoms. The van der Waals surface area contributed by atoms with Gasteiger partial charge in [-0.3, -0.25) is 0 Å². The van der Waals surface area contributed by atoms with Gasteiger partial charge in [0.15, 0.2) is 0 Å². The predicted molar refractivity (Wildman–Crippen MR) is 137 cm³/mol. The average Bonchev–Trinajstić information content (AvgIpc) is 2.80. The van der Waals surface area contributed by atoms with E-state index in [9.17, 15) is 9.59 Å². The second-order valence-electron chi connectivity index (χ2n) is 8.16. The molecule has 3 aromatic rings. The van der Waals surface area contributed by atoms with Gasteiger partial charge in [0, 0.05) is 37.6 Å². The zero-order chi connectivity index (χ0) is 24.0. The number of thioether (sulfide) groups is 1. The highest BCUT2D eigenvalue weighted by Crippen LogP contribution is 2.44. The Morgan fingerprint density at radius 1 is 0.788 bits per heavy atom. The van der Waals surface area contributed by atoms with Crippen molar-refractivity contribution >= 4 is 45.2 Å². The van der Waals surface area contributed by atoms with Crippen LogP contribution in [-0.4, -0.2) is 17.7 Å². The Labute approximate surface area is 199 Å². The van der Waals surface area contributed by atoms with E-state index in [2.05, 4.69) is 20.1 Å². The summed E-state index contributed by atoms with van der Waals surface area (Å²) >= 11 is 1.77. The van der Waals surface area contributed by atoms with Crippen LogP contribution in [0.3, 0.4) is 0 Å². The summed E-state index contributed by atoms with van der Waals surface area (Å²) in [6.07, 6.45) is 4.80. The van der Waals surface area contributed by atoms with Gasteiger partial charge < -0.3 is 9.47 Å². The number of ether oxygens (including phenoxy) is 2. The summed E-state index contributed by atoms with van der Waals surface area (Å²) in [5, 5.41) is 2.79. The topological polar surface area (TPSA) is 52.6 Å². The lowest BCUT2D eigenvalue weighted by Gasteiger charge is -2.17. The standard InChI is InChI=1S/C28H30O4S/c1-6-7-8-11-16-33-20-14-15-23-24(17-20)26(32-28(30)19(4)5)22-13-10-9-12-21(22)25(23)31-27(29)18(2)3/h9-10,12-15,17H,2,4,6-8,11,16H2,1,3,5H3. The normalized spacial score (nSPS) is 10.9. The van der Waals surface area contributed by atoms with E-state index >= 15 is 0 Å². The average molecular weight is 463 g/mol. The monoisotopic (exact) mass is 462 g/mol. The first kappa shape index (κ1) is 24.6. The first-order chi connectivity index (χ1) is 15.8. The number of hydrogen-bond acceptors (Lipinski definition) is 5. The Morgan fingerprint density at radius 3 is 1.88 bits per heavy atom. The molecule has 4 nitrogen and oxygen atoms in total. The van der Waals surface area contributed by atoms with Gasteiger partial charge in [0.1, 0.15) is 11.5 Å². The van der Waals surface area contributed by atoms with E-state index in [1.807, 2.05) is 42.5 Å². The molecule has 0 unspecified atom stereocenters. The molecule has 3 rings (SSSR count). The largest absolute Gasteiger partial charge is 0.422 e. The highest BCUT2D eigenvalue weighted by molar-refractivity contribution is 7.99. The zero-order valence-corrected chi connectivity index (χ0v) is 20.3. The minimum Gasteiger partial charge on any atom is -0.422 e. The van der Waals surface area contributed by atoms with Gasteiger partial charge in [0.05, 0.1) is 0 Å². The Balaban J connectivity index is 2.17. The fraction of sp³-hybridized carbons (Fsp3) is 0.286. The quantitative estimate of drug-likeness (QED) is 0.0774. The van der Waals surface area contributed by atoms with E-state index in [0.29, 0.717) is 44.2 Å². The molecule has 0 aliphatic heterocycles. The van der Waals surface area contributed by atoms with Crippen molar-refractivity contribution in [1.29, 1.82) is 0 Å². The maximum atomic E-state index is 12.5. The molecule has 0 saturated carbocycles. The molecule has 0 amide bonds. The van der Waals surface area contributed by atoms with Gasteiger partial charge in [-0.15, -0.1) is 11.8 Å². The third kappa shape index (κ3) is 5.85.